The van der Waals surface area contributed by atoms with E-state index in [2.05, 4.69) is 21.3 Å². The number of aromatic hydroxyl groups is 1. The lowest BCUT2D eigenvalue weighted by Crippen LogP contribution is -2.59. The number of nitrogens with two attached hydrogens (primary N) is 1. The summed E-state index contributed by atoms with van der Waals surface area (Å²) in [6.45, 7) is 3.74. The zero-order valence-corrected chi connectivity index (χ0v) is 33.2. The van der Waals surface area contributed by atoms with Crippen LogP contribution in [0.5, 0.6) is 5.75 Å². The van der Waals surface area contributed by atoms with Gasteiger partial charge in [0.2, 0.25) is 29.5 Å². The van der Waals surface area contributed by atoms with Crippen molar-refractivity contribution < 1.29 is 48.9 Å². The highest BCUT2D eigenvalue weighted by molar-refractivity contribution is 5.97. The number of amides is 5. The van der Waals surface area contributed by atoms with Crippen molar-refractivity contribution in [3.63, 3.8) is 0 Å². The number of carboxylic acid groups (broad SMARTS) is 2. The maximum absolute atomic E-state index is 14.3. The van der Waals surface area contributed by atoms with Gasteiger partial charge in [0.05, 0.1) is 6.04 Å². The summed E-state index contributed by atoms with van der Waals surface area (Å²) in [5.41, 5.74) is 8.35. The predicted molar refractivity (Wildman–Crippen MR) is 216 cm³/mol. The standard InChI is InChI=1S/C43H54N6O10/c1-26(2)22-33(40(55)48-35(43(58)59)25-28-12-7-4-8-13-28)46-39(54)32(19-20-37(51)52)45-41(56)36-14-9-21-49(36)42(57)34(24-29-15-17-30(50)18-16-29)47-38(53)31(44)23-27-10-5-3-6-11-27/h3-8,10-13,15-18,26,31-36,50H,9,14,19-25,44H2,1-2H3,(H,45,56)(H,46,54)(H,47,53)(H,48,55)(H,51,52)(H,58,59)/t31-,32-,33-,34-,35-,36-/m0/s1. The van der Waals surface area contributed by atoms with E-state index < -0.39 is 84.1 Å². The Morgan fingerprint density at radius 2 is 1.20 bits per heavy atom. The van der Waals surface area contributed by atoms with Gasteiger partial charge < -0.3 is 47.2 Å². The molecule has 6 atom stereocenters. The van der Waals surface area contributed by atoms with E-state index in [1.807, 2.05) is 30.3 Å². The van der Waals surface area contributed by atoms with Gasteiger partial charge >= 0.3 is 11.9 Å². The van der Waals surface area contributed by atoms with Crippen LogP contribution in [0.3, 0.4) is 0 Å². The van der Waals surface area contributed by atoms with Gasteiger partial charge in [0.15, 0.2) is 0 Å². The molecule has 1 aliphatic heterocycles. The number of likely N-dealkylation sites (tertiary alicyclic amines) is 1. The lowest BCUT2D eigenvalue weighted by molar-refractivity contribution is -0.143. The fourth-order valence-corrected chi connectivity index (χ4v) is 6.91. The van der Waals surface area contributed by atoms with E-state index in [0.29, 0.717) is 17.5 Å². The number of aliphatic carboxylic acids is 2. The van der Waals surface area contributed by atoms with E-state index in [0.717, 1.165) is 5.56 Å². The number of nitrogens with zero attached hydrogens (tertiary/aromatic N) is 1. The molecule has 0 spiro atoms. The highest BCUT2D eigenvalue weighted by Gasteiger charge is 2.40. The summed E-state index contributed by atoms with van der Waals surface area (Å²) in [6.07, 6.45) is 0.0336. The third-order valence-corrected chi connectivity index (χ3v) is 9.98. The summed E-state index contributed by atoms with van der Waals surface area (Å²) in [7, 11) is 0. The average Bonchev–Trinajstić information content (AvgIpc) is 3.70. The SMILES string of the molecule is CC(C)C[C@H](NC(=O)[C@H](CCC(=O)O)NC(=O)[C@@H]1CCCN1C(=O)[C@H](Cc1ccc(O)cc1)NC(=O)[C@@H](N)Cc1ccccc1)C(=O)N[C@@H](Cc1ccccc1)C(=O)O. The number of benzene rings is 3. The van der Waals surface area contributed by atoms with Crippen molar-refractivity contribution >= 4 is 41.5 Å². The van der Waals surface area contributed by atoms with Gasteiger partial charge in [0.25, 0.3) is 0 Å². The van der Waals surface area contributed by atoms with E-state index in [-0.39, 0.29) is 56.7 Å². The predicted octanol–water partition coefficient (Wildman–Crippen LogP) is 1.67. The fraction of sp³-hybridized carbons (Fsp3) is 0.419. The van der Waals surface area contributed by atoms with E-state index in [1.54, 1.807) is 56.3 Å². The molecule has 0 aromatic heterocycles. The number of nitrogens with one attached hydrogen (secondary N) is 4. The Balaban J connectivity index is 1.51. The smallest absolute Gasteiger partial charge is 0.326 e. The van der Waals surface area contributed by atoms with Crippen molar-refractivity contribution in [2.45, 2.75) is 101 Å². The van der Waals surface area contributed by atoms with Crippen LogP contribution in [0.4, 0.5) is 0 Å². The van der Waals surface area contributed by atoms with Crippen molar-refractivity contribution in [1.29, 1.82) is 0 Å². The average molecular weight is 815 g/mol. The van der Waals surface area contributed by atoms with Gasteiger partial charge in [-0.25, -0.2) is 4.79 Å². The van der Waals surface area contributed by atoms with Crippen molar-refractivity contribution in [1.82, 2.24) is 26.2 Å². The molecule has 316 valence electrons. The van der Waals surface area contributed by atoms with Crippen LogP contribution in [0.2, 0.25) is 0 Å². The van der Waals surface area contributed by atoms with Crippen molar-refractivity contribution in [3.8, 4) is 5.75 Å². The number of carbonyl (C=O) groups is 7. The Bertz CT molecular complexity index is 1910. The van der Waals surface area contributed by atoms with E-state index in [4.69, 9.17) is 5.73 Å². The summed E-state index contributed by atoms with van der Waals surface area (Å²) < 4.78 is 0. The quantitative estimate of drug-likeness (QED) is 0.0768. The maximum Gasteiger partial charge on any atom is 0.326 e. The summed E-state index contributed by atoms with van der Waals surface area (Å²) in [5.74, 6) is -6.20. The molecule has 59 heavy (non-hydrogen) atoms. The fourth-order valence-electron chi connectivity index (χ4n) is 6.91. The molecule has 5 amide bonds. The van der Waals surface area contributed by atoms with Crippen LogP contribution < -0.4 is 27.0 Å². The first-order valence-corrected chi connectivity index (χ1v) is 19.7. The molecule has 16 heteroatoms. The zero-order valence-electron chi connectivity index (χ0n) is 33.2. The lowest BCUT2D eigenvalue weighted by Gasteiger charge is -2.31. The normalized spacial score (nSPS) is 16.2. The Morgan fingerprint density at radius 1 is 0.678 bits per heavy atom. The first kappa shape index (κ1) is 45.4. The molecule has 0 unspecified atom stereocenters. The van der Waals surface area contributed by atoms with Gasteiger partial charge in [-0.15, -0.1) is 0 Å². The van der Waals surface area contributed by atoms with Crippen LogP contribution in [0, 0.1) is 5.92 Å². The molecule has 0 radical (unpaired) electrons. The van der Waals surface area contributed by atoms with Crippen molar-refractivity contribution in [3.05, 3.63) is 102 Å². The minimum absolute atomic E-state index is 0.00474. The number of carboxylic acids is 2. The molecular formula is C43H54N6O10. The Labute approximate surface area is 342 Å². The molecule has 16 nitrogen and oxygen atoms in total. The molecule has 3 aromatic rings. The van der Waals surface area contributed by atoms with Gasteiger partial charge in [-0.2, -0.15) is 0 Å². The molecule has 1 saturated heterocycles. The van der Waals surface area contributed by atoms with Crippen LogP contribution in [-0.4, -0.2) is 104 Å². The third-order valence-electron chi connectivity index (χ3n) is 9.98. The van der Waals surface area contributed by atoms with Crippen molar-refractivity contribution in [2.75, 3.05) is 6.54 Å². The number of carbonyl (C=O) groups excluding carboxylic acids is 5. The molecule has 3 aromatic carbocycles. The number of phenolic OH excluding ortho intramolecular Hbond substituents is 1. The second-order valence-corrected chi connectivity index (χ2v) is 15.2. The first-order chi connectivity index (χ1) is 28.1. The van der Waals surface area contributed by atoms with E-state index in [9.17, 15) is 48.9 Å². The number of hydrogen-bond donors (Lipinski definition) is 8. The van der Waals surface area contributed by atoms with Crippen LogP contribution in [0.25, 0.3) is 0 Å². The van der Waals surface area contributed by atoms with E-state index >= 15 is 0 Å². The van der Waals surface area contributed by atoms with Crippen molar-refractivity contribution in [2.24, 2.45) is 11.7 Å². The molecule has 4 rings (SSSR count). The first-order valence-electron chi connectivity index (χ1n) is 19.7. The summed E-state index contributed by atoms with van der Waals surface area (Å²) in [6, 6.07) is 16.6. The second-order valence-electron chi connectivity index (χ2n) is 15.2. The monoisotopic (exact) mass is 814 g/mol. The largest absolute Gasteiger partial charge is 0.508 e. The summed E-state index contributed by atoms with van der Waals surface area (Å²) in [5, 5.41) is 39.6. The minimum atomic E-state index is -1.44. The molecule has 1 fully saturated rings. The third kappa shape index (κ3) is 14.2. The van der Waals surface area contributed by atoms with Crippen LogP contribution >= 0.6 is 0 Å². The van der Waals surface area contributed by atoms with Crippen LogP contribution in [0.15, 0.2) is 84.9 Å². The molecule has 0 saturated carbocycles. The topological polar surface area (TPSA) is 258 Å². The number of phenols is 1. The summed E-state index contributed by atoms with van der Waals surface area (Å²) in [4.78, 5) is 94.0. The van der Waals surface area contributed by atoms with Crippen LogP contribution in [0.1, 0.15) is 62.6 Å². The molecule has 0 aliphatic carbocycles. The number of hydrogen-bond acceptors (Lipinski definition) is 9. The highest BCUT2D eigenvalue weighted by atomic mass is 16.4. The summed E-state index contributed by atoms with van der Waals surface area (Å²) >= 11 is 0. The molecule has 9 N–H and O–H groups in total. The van der Waals surface area contributed by atoms with Gasteiger partial charge in [-0.3, -0.25) is 28.8 Å². The lowest BCUT2D eigenvalue weighted by atomic mass is 10.0. The maximum atomic E-state index is 14.3. The molecule has 0 bridgehead atoms. The molecule has 1 heterocycles. The molecular weight excluding hydrogens is 761 g/mol. The van der Waals surface area contributed by atoms with Gasteiger partial charge in [-0.1, -0.05) is 86.6 Å². The van der Waals surface area contributed by atoms with Crippen LogP contribution in [-0.2, 0) is 52.8 Å². The highest BCUT2D eigenvalue weighted by Crippen LogP contribution is 2.21. The zero-order chi connectivity index (χ0) is 43.1. The second kappa shape index (κ2) is 22.0. The minimum Gasteiger partial charge on any atom is -0.508 e. The van der Waals surface area contributed by atoms with E-state index in [1.165, 1.54) is 17.0 Å². The van der Waals surface area contributed by atoms with Gasteiger partial charge in [0.1, 0.15) is 36.0 Å². The Hall–Kier alpha value is -6.29. The Kier molecular flexibility index (Phi) is 16.9. The Morgan fingerprint density at radius 3 is 1.78 bits per heavy atom. The van der Waals surface area contributed by atoms with Gasteiger partial charge in [0, 0.05) is 25.8 Å². The van der Waals surface area contributed by atoms with Gasteiger partial charge in [-0.05, 0) is 66.8 Å². The molecule has 1 aliphatic rings. The number of rotatable bonds is 21.